The van der Waals surface area contributed by atoms with Crippen LogP contribution in [0.1, 0.15) is 90.4 Å². The number of ketones is 2. The molecule has 0 atom stereocenters. The van der Waals surface area contributed by atoms with Gasteiger partial charge < -0.3 is 0 Å². The summed E-state index contributed by atoms with van der Waals surface area (Å²) >= 11 is 2.78. The number of unbranched alkanes of at least 4 members (excludes halogenated alkanes) is 8. The fourth-order valence-electron chi connectivity index (χ4n) is 3.43. The molecule has 154 valence electrons. The molecule has 0 aliphatic heterocycles. The summed E-state index contributed by atoms with van der Waals surface area (Å²) in [6, 6.07) is 6.96. The van der Waals surface area contributed by atoms with Gasteiger partial charge in [0, 0.05) is 23.6 Å². The Morgan fingerprint density at radius 3 is 2.24 bits per heavy atom. The lowest BCUT2D eigenvalue weighted by Gasteiger charge is -2.12. The number of rotatable bonds is 12. The van der Waals surface area contributed by atoms with Crippen LogP contribution in [0.4, 0.5) is 0 Å². The lowest BCUT2D eigenvalue weighted by Crippen LogP contribution is -2.15. The van der Waals surface area contributed by atoms with Gasteiger partial charge in [-0.05, 0) is 6.42 Å². The van der Waals surface area contributed by atoms with Crippen molar-refractivity contribution in [2.45, 2.75) is 75.5 Å². The number of hydrogen-bond donors (Lipinski definition) is 0. The highest BCUT2D eigenvalue weighted by molar-refractivity contribution is 8.05. The van der Waals surface area contributed by atoms with Gasteiger partial charge in [-0.1, -0.05) is 106 Å². The van der Waals surface area contributed by atoms with Gasteiger partial charge in [-0.15, -0.1) is 10.2 Å². The summed E-state index contributed by atoms with van der Waals surface area (Å²) in [5.74, 6) is -0.233. The van der Waals surface area contributed by atoms with Crippen LogP contribution in [0.2, 0.25) is 0 Å². The van der Waals surface area contributed by atoms with Crippen LogP contribution in [0.3, 0.4) is 0 Å². The molecule has 6 heteroatoms. The molecule has 1 aliphatic carbocycles. The topological polar surface area (TPSA) is 59.9 Å². The molecule has 1 aliphatic rings. The maximum absolute atomic E-state index is 12.6. The molecule has 1 aromatic heterocycles. The zero-order valence-electron chi connectivity index (χ0n) is 17.0. The van der Waals surface area contributed by atoms with Crippen molar-refractivity contribution in [1.29, 1.82) is 0 Å². The van der Waals surface area contributed by atoms with Gasteiger partial charge in [0.05, 0.1) is 4.91 Å². The van der Waals surface area contributed by atoms with Gasteiger partial charge in [-0.25, -0.2) is 0 Å². The smallest absolute Gasteiger partial charge is 0.200 e. The van der Waals surface area contributed by atoms with Gasteiger partial charge in [0.1, 0.15) is 5.01 Å². The molecular formula is C23H28N2O2S2. The van der Waals surface area contributed by atoms with E-state index in [1.807, 2.05) is 0 Å². The number of Topliss-reactive ketones (excluding diaryl/α,β-unsaturated/α-hetero) is 1. The minimum absolute atomic E-state index is 0.110. The van der Waals surface area contributed by atoms with Gasteiger partial charge in [0.25, 0.3) is 0 Å². The second-order valence-electron chi connectivity index (χ2n) is 7.39. The minimum atomic E-state index is -0.123. The van der Waals surface area contributed by atoms with Crippen LogP contribution in [0, 0.1) is 0 Å². The van der Waals surface area contributed by atoms with Gasteiger partial charge in [0.2, 0.25) is 5.78 Å². The summed E-state index contributed by atoms with van der Waals surface area (Å²) in [6.45, 7) is 2.25. The Hall–Kier alpha value is -1.79. The molecule has 0 radical (unpaired) electrons. The first kappa shape index (κ1) is 21.9. The van der Waals surface area contributed by atoms with Crippen molar-refractivity contribution in [3.8, 4) is 0 Å². The fourth-order valence-corrected chi connectivity index (χ4v) is 5.40. The van der Waals surface area contributed by atoms with Crippen molar-refractivity contribution in [2.24, 2.45) is 0 Å². The first-order chi connectivity index (χ1) is 14.2. The zero-order chi connectivity index (χ0) is 20.5. The van der Waals surface area contributed by atoms with Crippen LogP contribution in [0.5, 0.6) is 0 Å². The van der Waals surface area contributed by atoms with E-state index in [9.17, 15) is 9.59 Å². The lowest BCUT2D eigenvalue weighted by molar-refractivity contribution is 0.0991. The number of carbonyl (C=O) groups is 2. The van der Waals surface area contributed by atoms with Crippen LogP contribution in [0.25, 0.3) is 0 Å². The van der Waals surface area contributed by atoms with Gasteiger partial charge in [-0.3, -0.25) is 9.59 Å². The second-order valence-corrected chi connectivity index (χ2v) is 9.74. The summed E-state index contributed by atoms with van der Waals surface area (Å²) in [5.41, 5.74) is 0.951. The Labute approximate surface area is 181 Å². The molecule has 1 heterocycles. The van der Waals surface area contributed by atoms with E-state index in [1.165, 1.54) is 80.5 Å². The van der Waals surface area contributed by atoms with E-state index in [2.05, 4.69) is 17.1 Å². The molecule has 3 rings (SSSR count). The van der Waals surface area contributed by atoms with Crippen molar-refractivity contribution in [1.82, 2.24) is 10.2 Å². The fraction of sp³-hybridized carbons (Fsp3) is 0.478. The summed E-state index contributed by atoms with van der Waals surface area (Å²) < 4.78 is 0.725. The highest BCUT2D eigenvalue weighted by atomic mass is 32.2. The molecule has 0 saturated carbocycles. The first-order valence-corrected chi connectivity index (χ1v) is 12.2. The van der Waals surface area contributed by atoms with Gasteiger partial charge in [-0.2, -0.15) is 0 Å². The van der Waals surface area contributed by atoms with E-state index in [-0.39, 0.29) is 11.6 Å². The highest BCUT2D eigenvalue weighted by Crippen LogP contribution is 2.35. The molecule has 0 N–H and O–H groups in total. The quantitative estimate of drug-likeness (QED) is 0.353. The van der Waals surface area contributed by atoms with Crippen LogP contribution in [0.15, 0.2) is 39.6 Å². The average molecular weight is 429 g/mol. The van der Waals surface area contributed by atoms with E-state index in [0.29, 0.717) is 16.0 Å². The predicted molar refractivity (Wildman–Crippen MR) is 120 cm³/mol. The molecule has 29 heavy (non-hydrogen) atoms. The Morgan fingerprint density at radius 1 is 0.862 bits per heavy atom. The number of benzene rings is 1. The summed E-state index contributed by atoms with van der Waals surface area (Å²) in [7, 11) is 0. The van der Waals surface area contributed by atoms with Crippen LogP contribution >= 0.6 is 23.1 Å². The van der Waals surface area contributed by atoms with Gasteiger partial charge in [0.15, 0.2) is 10.1 Å². The van der Waals surface area contributed by atoms with E-state index in [4.69, 9.17) is 0 Å². The van der Waals surface area contributed by atoms with Crippen LogP contribution < -0.4 is 0 Å². The average Bonchev–Trinajstić information content (AvgIpc) is 3.18. The Kier molecular flexibility index (Phi) is 8.62. The molecule has 0 unspecified atom stereocenters. The molecule has 0 bridgehead atoms. The summed E-state index contributed by atoms with van der Waals surface area (Å²) in [5, 5.41) is 9.48. The van der Waals surface area contributed by atoms with Crippen molar-refractivity contribution >= 4 is 34.7 Å². The molecule has 2 aromatic rings. The third-order valence-corrected chi connectivity index (χ3v) is 7.12. The summed E-state index contributed by atoms with van der Waals surface area (Å²) in [6.07, 6.45) is 14.1. The SMILES string of the molecule is CCCCCCCCCCCc1nnc(SC2=CC(=O)c3ccccc3C2=O)s1. The predicted octanol–water partition coefficient (Wildman–Crippen LogP) is 6.67. The number of fused-ring (bicyclic) bond motifs is 1. The molecule has 4 nitrogen and oxygen atoms in total. The largest absolute Gasteiger partial charge is 0.289 e. The van der Waals surface area contributed by atoms with Crippen molar-refractivity contribution in [3.05, 3.63) is 51.4 Å². The number of hydrogen-bond acceptors (Lipinski definition) is 6. The highest BCUT2D eigenvalue weighted by Gasteiger charge is 2.26. The van der Waals surface area contributed by atoms with E-state index >= 15 is 0 Å². The third kappa shape index (κ3) is 6.34. The monoisotopic (exact) mass is 428 g/mol. The molecule has 0 fully saturated rings. The number of thioether (sulfide) groups is 1. The van der Waals surface area contributed by atoms with Gasteiger partial charge >= 0.3 is 0 Å². The van der Waals surface area contributed by atoms with Crippen LogP contribution in [-0.2, 0) is 6.42 Å². The minimum Gasteiger partial charge on any atom is -0.289 e. The number of allylic oxidation sites excluding steroid dienone is 2. The Morgan fingerprint density at radius 2 is 1.52 bits per heavy atom. The maximum atomic E-state index is 12.6. The third-order valence-electron chi connectivity index (χ3n) is 5.06. The van der Waals surface area contributed by atoms with Crippen molar-refractivity contribution in [3.63, 3.8) is 0 Å². The zero-order valence-corrected chi connectivity index (χ0v) is 18.6. The molecule has 1 aromatic carbocycles. The normalized spacial score (nSPS) is 13.5. The van der Waals surface area contributed by atoms with E-state index < -0.39 is 0 Å². The number of nitrogens with zero attached hydrogens (tertiary/aromatic N) is 2. The number of aryl methyl sites for hydroxylation is 1. The Bertz CT molecular complexity index is 873. The molecular weight excluding hydrogens is 400 g/mol. The summed E-state index contributed by atoms with van der Waals surface area (Å²) in [4.78, 5) is 25.3. The number of aromatic nitrogens is 2. The maximum Gasteiger partial charge on any atom is 0.200 e. The van der Waals surface area contributed by atoms with E-state index in [0.717, 1.165) is 22.2 Å². The molecule has 0 saturated heterocycles. The van der Waals surface area contributed by atoms with Crippen LogP contribution in [-0.4, -0.2) is 21.8 Å². The Balaban J connectivity index is 1.42. The second kappa shape index (κ2) is 11.4. The first-order valence-electron chi connectivity index (χ1n) is 10.6. The lowest BCUT2D eigenvalue weighted by atomic mass is 9.95. The van der Waals surface area contributed by atoms with E-state index in [1.54, 1.807) is 24.3 Å². The molecule has 0 amide bonds. The van der Waals surface area contributed by atoms with Crippen molar-refractivity contribution in [2.75, 3.05) is 0 Å². The number of carbonyl (C=O) groups excluding carboxylic acids is 2. The van der Waals surface area contributed by atoms with Crippen molar-refractivity contribution < 1.29 is 9.59 Å². The molecule has 0 spiro atoms. The standard InChI is InChI=1S/C23H28N2O2S2/c1-2-3-4-5-6-7-8-9-10-15-21-24-25-23(29-21)28-20-16-19(26)17-13-11-12-14-18(17)22(20)27/h11-14,16H,2-10,15H2,1H3.